The number of carboxylic acid groups (broad SMARTS) is 1. The molecule has 0 aliphatic carbocycles. The van der Waals surface area contributed by atoms with E-state index in [1.54, 1.807) is 44.2 Å². The number of hydrogen-bond acceptors (Lipinski definition) is 12. The lowest BCUT2D eigenvalue weighted by Crippen LogP contribution is -2.60. The molecular formula is C31H49N11O9S2. The largest absolute Gasteiger partial charge is 0.481 e. The number of guanidine groups is 1. The van der Waals surface area contributed by atoms with Gasteiger partial charge in [0.15, 0.2) is 5.96 Å². The van der Waals surface area contributed by atoms with Crippen molar-refractivity contribution in [2.24, 2.45) is 22.2 Å². The van der Waals surface area contributed by atoms with Crippen molar-refractivity contribution < 1.29 is 43.5 Å². The number of nitrogens with one attached hydrogen (secondary N) is 7. The van der Waals surface area contributed by atoms with E-state index < -0.39 is 95.2 Å². The van der Waals surface area contributed by atoms with Gasteiger partial charge in [0.2, 0.25) is 41.4 Å². The molecule has 294 valence electrons. The van der Waals surface area contributed by atoms with Crippen molar-refractivity contribution in [2.75, 3.05) is 18.8 Å². The zero-order valence-electron chi connectivity index (χ0n) is 29.5. The molecule has 5 atom stereocenters. The van der Waals surface area contributed by atoms with E-state index in [2.05, 4.69) is 67.7 Å². The Morgan fingerprint density at radius 1 is 0.830 bits per heavy atom. The van der Waals surface area contributed by atoms with Crippen molar-refractivity contribution >= 4 is 78.5 Å². The molecule has 0 spiro atoms. The molecule has 7 amide bonds. The van der Waals surface area contributed by atoms with Crippen LogP contribution in [0.5, 0.6) is 0 Å². The van der Waals surface area contributed by atoms with Gasteiger partial charge in [-0.1, -0.05) is 30.3 Å². The van der Waals surface area contributed by atoms with E-state index in [-0.39, 0.29) is 37.5 Å². The molecule has 1 aromatic rings. The molecule has 0 fully saturated rings. The third-order valence-corrected chi connectivity index (χ3v) is 7.77. The molecule has 1 aromatic carbocycles. The van der Waals surface area contributed by atoms with Crippen LogP contribution in [-0.2, 0) is 44.8 Å². The van der Waals surface area contributed by atoms with E-state index in [9.17, 15) is 43.5 Å². The second-order valence-electron chi connectivity index (χ2n) is 12.3. The number of nitrogens with zero attached hydrogens (tertiary/aromatic N) is 1. The summed E-state index contributed by atoms with van der Waals surface area (Å²) in [7, 11) is 0. The molecular weight excluding hydrogens is 735 g/mol. The number of amides is 7. The average molecular weight is 784 g/mol. The van der Waals surface area contributed by atoms with Gasteiger partial charge in [-0.3, -0.25) is 48.8 Å². The smallest absolute Gasteiger partial charge is 0.305 e. The summed E-state index contributed by atoms with van der Waals surface area (Å²) in [6, 6.07) is 1.85. The van der Waals surface area contributed by atoms with Gasteiger partial charge in [0.1, 0.15) is 30.2 Å². The van der Waals surface area contributed by atoms with Crippen molar-refractivity contribution in [3.63, 3.8) is 0 Å². The van der Waals surface area contributed by atoms with Crippen molar-refractivity contribution in [2.45, 2.75) is 81.4 Å². The number of carbonyl (C=O) groups is 8. The Morgan fingerprint density at radius 2 is 1.42 bits per heavy atom. The molecule has 22 heteroatoms. The van der Waals surface area contributed by atoms with Crippen LogP contribution in [0.3, 0.4) is 0 Å². The fourth-order valence-corrected chi connectivity index (χ4v) is 4.97. The second kappa shape index (κ2) is 22.8. The van der Waals surface area contributed by atoms with Gasteiger partial charge in [0, 0.05) is 30.4 Å². The van der Waals surface area contributed by atoms with Crippen LogP contribution in [0.4, 0.5) is 0 Å². The molecule has 0 radical (unpaired) electrons. The summed E-state index contributed by atoms with van der Waals surface area (Å²) in [6.45, 7) is 3.64. The zero-order chi connectivity index (χ0) is 40.3. The van der Waals surface area contributed by atoms with Crippen molar-refractivity contribution in [3.8, 4) is 0 Å². The van der Waals surface area contributed by atoms with Gasteiger partial charge in [-0.15, -0.1) is 0 Å². The fraction of sp³-hybridized carbons (Fsp3) is 0.516. The quantitative estimate of drug-likeness (QED) is 0.0166. The maximum atomic E-state index is 13.4. The highest BCUT2D eigenvalue weighted by atomic mass is 32.1. The van der Waals surface area contributed by atoms with Crippen LogP contribution in [0.1, 0.15) is 45.6 Å². The number of carboxylic acids is 1. The number of benzene rings is 1. The third kappa shape index (κ3) is 18.3. The number of carbonyl (C=O) groups excluding carboxylic acids is 7. The van der Waals surface area contributed by atoms with Crippen molar-refractivity contribution in [1.82, 2.24) is 37.4 Å². The predicted molar refractivity (Wildman–Crippen MR) is 200 cm³/mol. The highest BCUT2D eigenvalue weighted by Crippen LogP contribution is 2.18. The number of aliphatic imine (C=N–C) groups is 1. The van der Waals surface area contributed by atoms with Gasteiger partial charge < -0.3 is 48.9 Å². The monoisotopic (exact) mass is 783 g/mol. The van der Waals surface area contributed by atoms with Crippen LogP contribution in [0, 0.1) is 0 Å². The molecule has 0 saturated heterocycles. The van der Waals surface area contributed by atoms with Gasteiger partial charge in [-0.05, 0) is 32.3 Å². The standard InChI is InChI=1S/C31H49N11O9S2/c1-16(43)41-42-21(15-52)29(51)38-18(10-7-11-35-30(33)34)26(48)36-14-22(44)37-20(13-23(45)46)27(49)39-19(12-17-8-5-4-6-9-17)28(50)40-24(25(32)47)31(2,3)53/h4-6,8-9,18-21,24,42,52-53H,7,10-15H2,1-3H3,(H2,32,47)(H,36,48)(H,37,44)(H,38,51)(H,39,49)(H,40,50)(H,41,43)(H,45,46)(H4,33,34,35)/t18-,19-,20-,21-,24+/m0/s1. The van der Waals surface area contributed by atoms with Gasteiger partial charge in [0.05, 0.1) is 13.0 Å². The summed E-state index contributed by atoms with van der Waals surface area (Å²) < 4.78 is -1.10. The lowest BCUT2D eigenvalue weighted by atomic mass is 10.00. The molecule has 0 aromatic heterocycles. The van der Waals surface area contributed by atoms with Gasteiger partial charge in [-0.25, -0.2) is 5.43 Å². The average Bonchev–Trinajstić information content (AvgIpc) is 3.06. The molecule has 53 heavy (non-hydrogen) atoms. The Kier molecular flexibility index (Phi) is 19.7. The number of aliphatic carboxylic acids is 1. The van der Waals surface area contributed by atoms with Crippen LogP contribution < -0.4 is 54.6 Å². The number of hydrogen-bond donors (Lipinski definition) is 13. The number of primary amides is 1. The van der Waals surface area contributed by atoms with Crippen molar-refractivity contribution in [3.05, 3.63) is 35.9 Å². The fourth-order valence-electron chi connectivity index (χ4n) is 4.52. The van der Waals surface area contributed by atoms with E-state index in [1.165, 1.54) is 6.92 Å². The van der Waals surface area contributed by atoms with E-state index >= 15 is 0 Å². The Balaban J connectivity index is 3.14. The summed E-state index contributed by atoms with van der Waals surface area (Å²) in [5.41, 5.74) is 21.5. The molecule has 1 rings (SSSR count). The number of rotatable bonds is 23. The summed E-state index contributed by atoms with van der Waals surface area (Å²) in [5, 5.41) is 21.5. The first-order chi connectivity index (χ1) is 24.7. The first-order valence-electron chi connectivity index (χ1n) is 16.2. The SMILES string of the molecule is CC(=O)NN[C@@H](CS)C(=O)N[C@@H](CCCN=C(N)N)C(=O)NCC(=O)N[C@@H](CC(=O)O)C(=O)N[C@@H](Cc1ccccc1)C(=O)N[C@H](C(N)=O)C(C)(C)S. The summed E-state index contributed by atoms with van der Waals surface area (Å²) in [5.74, 6) is -7.53. The molecule has 0 aliphatic rings. The zero-order valence-corrected chi connectivity index (χ0v) is 31.3. The Hall–Kier alpha value is -5.09. The van der Waals surface area contributed by atoms with Crippen LogP contribution in [0.15, 0.2) is 35.3 Å². The highest BCUT2D eigenvalue weighted by Gasteiger charge is 2.35. The van der Waals surface area contributed by atoms with Crippen LogP contribution in [-0.4, -0.2) is 112 Å². The Labute approximate surface area is 317 Å². The lowest BCUT2D eigenvalue weighted by Gasteiger charge is -2.30. The molecule has 14 N–H and O–H groups in total. The minimum atomic E-state index is -1.72. The summed E-state index contributed by atoms with van der Waals surface area (Å²) in [4.78, 5) is 105. The molecule has 0 heterocycles. The van der Waals surface area contributed by atoms with E-state index in [1.807, 2.05) is 0 Å². The lowest BCUT2D eigenvalue weighted by molar-refractivity contribution is -0.141. The van der Waals surface area contributed by atoms with E-state index in [0.717, 1.165) is 0 Å². The minimum absolute atomic E-state index is 0.00528. The summed E-state index contributed by atoms with van der Waals surface area (Å²) in [6.07, 6.45) is -0.775. The maximum Gasteiger partial charge on any atom is 0.305 e. The maximum absolute atomic E-state index is 13.4. The highest BCUT2D eigenvalue weighted by molar-refractivity contribution is 7.81. The van der Waals surface area contributed by atoms with E-state index in [4.69, 9.17) is 17.2 Å². The molecule has 0 saturated carbocycles. The van der Waals surface area contributed by atoms with Crippen LogP contribution in [0.25, 0.3) is 0 Å². The first kappa shape index (κ1) is 45.9. The molecule has 0 bridgehead atoms. The summed E-state index contributed by atoms with van der Waals surface area (Å²) >= 11 is 8.41. The third-order valence-electron chi connectivity index (χ3n) is 7.15. The van der Waals surface area contributed by atoms with Gasteiger partial charge >= 0.3 is 5.97 Å². The number of hydrazine groups is 1. The minimum Gasteiger partial charge on any atom is -0.481 e. The molecule has 0 unspecified atom stereocenters. The van der Waals surface area contributed by atoms with Crippen molar-refractivity contribution in [1.29, 1.82) is 0 Å². The van der Waals surface area contributed by atoms with E-state index in [0.29, 0.717) is 5.56 Å². The number of nitrogens with two attached hydrogens (primary N) is 3. The van der Waals surface area contributed by atoms with Crippen LogP contribution >= 0.6 is 25.3 Å². The Bertz CT molecular complexity index is 1490. The molecule has 0 aliphatic heterocycles. The van der Waals surface area contributed by atoms with Crippen LogP contribution in [0.2, 0.25) is 0 Å². The first-order valence-corrected chi connectivity index (χ1v) is 17.3. The number of thiol groups is 2. The normalized spacial score (nSPS) is 13.8. The second-order valence-corrected chi connectivity index (χ2v) is 13.8. The Morgan fingerprint density at radius 3 is 1.94 bits per heavy atom. The predicted octanol–water partition coefficient (Wildman–Crippen LogP) is -4.05. The molecule has 20 nitrogen and oxygen atoms in total. The van der Waals surface area contributed by atoms with Gasteiger partial charge in [-0.2, -0.15) is 25.3 Å². The van der Waals surface area contributed by atoms with Gasteiger partial charge in [0.25, 0.3) is 0 Å². The topological polar surface area (TPSA) is 331 Å².